The Morgan fingerprint density at radius 2 is 2.12 bits per heavy atom. The summed E-state index contributed by atoms with van der Waals surface area (Å²) in [6, 6.07) is 10.0. The molecule has 2 rings (SSSR count). The molecule has 1 amide bonds. The lowest BCUT2D eigenvalue weighted by Gasteiger charge is -2.15. The fourth-order valence-electron chi connectivity index (χ4n) is 2.08. The summed E-state index contributed by atoms with van der Waals surface area (Å²) in [5.74, 6) is 0.0989. The van der Waals surface area contributed by atoms with Gasteiger partial charge >= 0.3 is 0 Å². The third-order valence-electron chi connectivity index (χ3n) is 3.03. The monoisotopic (exact) mass is 230 g/mol. The minimum atomic E-state index is 0.0989. The molecule has 1 aromatic rings. The van der Waals surface area contributed by atoms with E-state index in [-0.39, 0.29) is 11.9 Å². The lowest BCUT2D eigenvalue weighted by molar-refractivity contribution is -0.126. The van der Waals surface area contributed by atoms with E-state index >= 15 is 0 Å². The van der Waals surface area contributed by atoms with Crippen molar-refractivity contribution in [1.29, 1.82) is 0 Å². The standard InChI is InChI=1S/C14H18N2O/c1-11(9-12-5-3-2-4-6-12)14(17)16-8-7-13(15)10-16/h2-6,9,13H,7-8,10,15H2,1H3/b11-9-. The van der Waals surface area contributed by atoms with E-state index < -0.39 is 0 Å². The maximum Gasteiger partial charge on any atom is 0.249 e. The Hall–Kier alpha value is -1.61. The van der Waals surface area contributed by atoms with E-state index in [2.05, 4.69) is 0 Å². The van der Waals surface area contributed by atoms with Gasteiger partial charge in [-0.25, -0.2) is 0 Å². The van der Waals surface area contributed by atoms with Crippen molar-refractivity contribution >= 4 is 12.0 Å². The summed E-state index contributed by atoms with van der Waals surface area (Å²) < 4.78 is 0. The van der Waals surface area contributed by atoms with Crippen LogP contribution < -0.4 is 5.73 Å². The van der Waals surface area contributed by atoms with Gasteiger partial charge < -0.3 is 10.6 Å². The summed E-state index contributed by atoms with van der Waals surface area (Å²) in [7, 11) is 0. The van der Waals surface area contributed by atoms with Crippen LogP contribution in [0, 0.1) is 0 Å². The molecule has 3 nitrogen and oxygen atoms in total. The molecule has 90 valence electrons. The Balaban J connectivity index is 2.07. The van der Waals surface area contributed by atoms with Crippen LogP contribution in [0.1, 0.15) is 18.9 Å². The van der Waals surface area contributed by atoms with Gasteiger partial charge in [-0.05, 0) is 25.0 Å². The first kappa shape index (κ1) is 11.9. The molecule has 1 fully saturated rings. The van der Waals surface area contributed by atoms with Crippen molar-refractivity contribution in [2.45, 2.75) is 19.4 Å². The van der Waals surface area contributed by atoms with Crippen molar-refractivity contribution in [3.63, 3.8) is 0 Å². The number of rotatable bonds is 2. The zero-order valence-corrected chi connectivity index (χ0v) is 10.1. The van der Waals surface area contributed by atoms with Crippen molar-refractivity contribution in [3.05, 3.63) is 41.5 Å². The van der Waals surface area contributed by atoms with Crippen LogP contribution in [0.25, 0.3) is 6.08 Å². The van der Waals surface area contributed by atoms with E-state index in [0.717, 1.165) is 24.1 Å². The maximum absolute atomic E-state index is 12.1. The zero-order chi connectivity index (χ0) is 12.3. The van der Waals surface area contributed by atoms with Gasteiger partial charge in [0.2, 0.25) is 5.91 Å². The minimum absolute atomic E-state index is 0.0989. The van der Waals surface area contributed by atoms with Gasteiger partial charge in [0, 0.05) is 24.7 Å². The molecule has 17 heavy (non-hydrogen) atoms. The molecule has 0 saturated carbocycles. The normalized spacial score (nSPS) is 20.7. The summed E-state index contributed by atoms with van der Waals surface area (Å²) in [5.41, 5.74) is 7.63. The molecule has 1 unspecified atom stereocenters. The van der Waals surface area contributed by atoms with Crippen molar-refractivity contribution in [1.82, 2.24) is 4.90 Å². The van der Waals surface area contributed by atoms with Crippen LogP contribution in [0.4, 0.5) is 0 Å². The van der Waals surface area contributed by atoms with E-state index in [4.69, 9.17) is 5.73 Å². The van der Waals surface area contributed by atoms with Crippen molar-refractivity contribution < 1.29 is 4.79 Å². The molecular weight excluding hydrogens is 212 g/mol. The second-order valence-corrected chi connectivity index (χ2v) is 4.54. The Morgan fingerprint density at radius 1 is 1.41 bits per heavy atom. The molecule has 1 aromatic carbocycles. The molecule has 1 atom stereocenters. The molecule has 2 N–H and O–H groups in total. The van der Waals surface area contributed by atoms with Crippen LogP contribution in [0.5, 0.6) is 0 Å². The molecule has 1 heterocycles. The first-order valence-electron chi connectivity index (χ1n) is 5.95. The number of carbonyl (C=O) groups is 1. The van der Waals surface area contributed by atoms with Gasteiger partial charge in [0.05, 0.1) is 0 Å². The topological polar surface area (TPSA) is 46.3 Å². The minimum Gasteiger partial charge on any atom is -0.337 e. The van der Waals surface area contributed by atoms with Gasteiger partial charge in [0.1, 0.15) is 0 Å². The van der Waals surface area contributed by atoms with Crippen LogP contribution >= 0.6 is 0 Å². The van der Waals surface area contributed by atoms with Crippen LogP contribution in [0.3, 0.4) is 0 Å². The summed E-state index contributed by atoms with van der Waals surface area (Å²) in [6.07, 6.45) is 2.83. The number of nitrogens with two attached hydrogens (primary N) is 1. The molecule has 1 aliphatic rings. The number of hydrogen-bond donors (Lipinski definition) is 1. The molecule has 0 bridgehead atoms. The number of carbonyl (C=O) groups excluding carboxylic acids is 1. The molecule has 3 heteroatoms. The number of nitrogens with zero attached hydrogens (tertiary/aromatic N) is 1. The number of amides is 1. The Kier molecular flexibility index (Phi) is 3.59. The Bertz CT molecular complexity index is 425. The average Bonchev–Trinajstić information content (AvgIpc) is 2.76. The predicted octanol–water partition coefficient (Wildman–Crippen LogP) is 1.65. The fraction of sp³-hybridized carbons (Fsp3) is 0.357. The average molecular weight is 230 g/mol. The second-order valence-electron chi connectivity index (χ2n) is 4.54. The number of likely N-dealkylation sites (tertiary alicyclic amines) is 1. The largest absolute Gasteiger partial charge is 0.337 e. The molecule has 1 aliphatic heterocycles. The first-order valence-corrected chi connectivity index (χ1v) is 5.95. The smallest absolute Gasteiger partial charge is 0.249 e. The summed E-state index contributed by atoms with van der Waals surface area (Å²) in [4.78, 5) is 13.9. The van der Waals surface area contributed by atoms with E-state index in [9.17, 15) is 4.79 Å². The van der Waals surface area contributed by atoms with Gasteiger partial charge in [-0.2, -0.15) is 0 Å². The first-order chi connectivity index (χ1) is 8.16. The fourth-order valence-corrected chi connectivity index (χ4v) is 2.08. The van der Waals surface area contributed by atoms with Gasteiger partial charge in [-0.3, -0.25) is 4.79 Å². The van der Waals surface area contributed by atoms with Gasteiger partial charge in [0.15, 0.2) is 0 Å². The number of benzene rings is 1. The third kappa shape index (κ3) is 2.94. The van der Waals surface area contributed by atoms with E-state index in [1.165, 1.54) is 0 Å². The molecule has 0 aromatic heterocycles. The Labute approximate surface area is 102 Å². The Morgan fingerprint density at radius 3 is 2.71 bits per heavy atom. The molecule has 0 aliphatic carbocycles. The highest BCUT2D eigenvalue weighted by Crippen LogP contribution is 2.13. The third-order valence-corrected chi connectivity index (χ3v) is 3.03. The second kappa shape index (κ2) is 5.15. The van der Waals surface area contributed by atoms with Crippen molar-refractivity contribution in [2.24, 2.45) is 5.73 Å². The maximum atomic E-state index is 12.1. The van der Waals surface area contributed by atoms with Crippen LogP contribution in [-0.2, 0) is 4.79 Å². The predicted molar refractivity (Wildman–Crippen MR) is 69.3 cm³/mol. The van der Waals surface area contributed by atoms with Crippen molar-refractivity contribution in [2.75, 3.05) is 13.1 Å². The lowest BCUT2D eigenvalue weighted by atomic mass is 10.1. The van der Waals surface area contributed by atoms with E-state index in [1.54, 1.807) is 0 Å². The molecular formula is C14H18N2O. The van der Waals surface area contributed by atoms with Gasteiger partial charge in [-0.1, -0.05) is 30.3 Å². The van der Waals surface area contributed by atoms with E-state index in [1.807, 2.05) is 48.2 Å². The van der Waals surface area contributed by atoms with E-state index in [0.29, 0.717) is 6.54 Å². The molecule has 1 saturated heterocycles. The van der Waals surface area contributed by atoms with Crippen LogP contribution in [0.2, 0.25) is 0 Å². The zero-order valence-electron chi connectivity index (χ0n) is 10.1. The van der Waals surface area contributed by atoms with Crippen molar-refractivity contribution in [3.8, 4) is 0 Å². The SMILES string of the molecule is C/C(=C/c1ccccc1)C(=O)N1CCC(N)C1. The van der Waals surface area contributed by atoms with Gasteiger partial charge in [0.25, 0.3) is 0 Å². The lowest BCUT2D eigenvalue weighted by Crippen LogP contribution is -2.32. The highest BCUT2D eigenvalue weighted by Gasteiger charge is 2.24. The summed E-state index contributed by atoms with van der Waals surface area (Å²) in [6.45, 7) is 3.32. The van der Waals surface area contributed by atoms with Crippen LogP contribution in [0.15, 0.2) is 35.9 Å². The van der Waals surface area contributed by atoms with Gasteiger partial charge in [-0.15, -0.1) is 0 Å². The molecule has 0 spiro atoms. The summed E-state index contributed by atoms with van der Waals surface area (Å²) in [5, 5.41) is 0. The highest BCUT2D eigenvalue weighted by atomic mass is 16.2. The van der Waals surface area contributed by atoms with Crippen LogP contribution in [-0.4, -0.2) is 29.9 Å². The molecule has 0 radical (unpaired) electrons. The highest BCUT2D eigenvalue weighted by molar-refractivity contribution is 5.97. The number of hydrogen-bond acceptors (Lipinski definition) is 2. The summed E-state index contributed by atoms with van der Waals surface area (Å²) >= 11 is 0. The quantitative estimate of drug-likeness (QED) is 0.785.